The highest BCUT2D eigenvalue weighted by molar-refractivity contribution is 5.24. The van der Waals surface area contributed by atoms with Gasteiger partial charge in [-0.15, -0.1) is 0 Å². The number of benzene rings is 1. The predicted molar refractivity (Wildman–Crippen MR) is 66.5 cm³/mol. The summed E-state index contributed by atoms with van der Waals surface area (Å²) in [6.45, 7) is 3.80. The number of hydrogen-bond acceptors (Lipinski definition) is 2. The average Bonchev–Trinajstić information content (AvgIpc) is 2.43. The van der Waals surface area contributed by atoms with E-state index in [2.05, 4.69) is 31.2 Å². The summed E-state index contributed by atoms with van der Waals surface area (Å²) in [4.78, 5) is 0. The first-order valence-corrected chi connectivity index (χ1v) is 6.10. The van der Waals surface area contributed by atoms with Crippen molar-refractivity contribution in [2.45, 2.75) is 38.1 Å². The van der Waals surface area contributed by atoms with Crippen LogP contribution >= 0.6 is 0 Å². The lowest BCUT2D eigenvalue weighted by molar-refractivity contribution is 0.139. The second-order valence-electron chi connectivity index (χ2n) is 4.99. The molecule has 2 rings (SSSR count). The van der Waals surface area contributed by atoms with Gasteiger partial charge in [0.15, 0.2) is 0 Å². The summed E-state index contributed by atoms with van der Waals surface area (Å²) >= 11 is 0. The molecular weight excluding hydrogens is 198 g/mol. The van der Waals surface area contributed by atoms with Crippen molar-refractivity contribution in [3.8, 4) is 0 Å². The van der Waals surface area contributed by atoms with Crippen molar-refractivity contribution in [2.24, 2.45) is 5.73 Å². The van der Waals surface area contributed by atoms with Crippen molar-refractivity contribution in [3.63, 3.8) is 0 Å². The van der Waals surface area contributed by atoms with Crippen LogP contribution in [0.1, 0.15) is 30.4 Å². The number of nitrogens with two attached hydrogens (primary N) is 1. The van der Waals surface area contributed by atoms with Crippen LogP contribution in [0.15, 0.2) is 24.3 Å². The molecule has 2 nitrogen and oxygen atoms in total. The van der Waals surface area contributed by atoms with E-state index in [9.17, 15) is 0 Å². The standard InChI is InChI=1S/C14H21NO/c1-12-4-2-5-13(10-12)11-14(15)6-3-8-16-9-7-14/h2,4-5,10H,3,6-9,11,15H2,1H3. The first kappa shape index (κ1) is 11.6. The molecule has 0 radical (unpaired) electrons. The molecule has 2 heteroatoms. The minimum atomic E-state index is -0.0652. The monoisotopic (exact) mass is 219 g/mol. The molecule has 0 aromatic heterocycles. The van der Waals surface area contributed by atoms with E-state index < -0.39 is 0 Å². The number of ether oxygens (including phenoxy) is 1. The van der Waals surface area contributed by atoms with Gasteiger partial charge in [-0.05, 0) is 38.2 Å². The lowest BCUT2D eigenvalue weighted by atomic mass is 9.85. The van der Waals surface area contributed by atoms with E-state index in [0.717, 1.165) is 38.9 Å². The summed E-state index contributed by atoms with van der Waals surface area (Å²) < 4.78 is 5.47. The molecule has 0 bridgehead atoms. The maximum Gasteiger partial charge on any atom is 0.0483 e. The Balaban J connectivity index is 2.06. The van der Waals surface area contributed by atoms with E-state index in [0.29, 0.717) is 0 Å². The fourth-order valence-corrected chi connectivity index (χ4v) is 2.43. The van der Waals surface area contributed by atoms with Crippen molar-refractivity contribution in [2.75, 3.05) is 13.2 Å². The second-order valence-corrected chi connectivity index (χ2v) is 4.99. The highest BCUT2D eigenvalue weighted by Crippen LogP contribution is 2.23. The van der Waals surface area contributed by atoms with Crippen molar-refractivity contribution < 1.29 is 4.74 Å². The zero-order valence-corrected chi connectivity index (χ0v) is 10.0. The van der Waals surface area contributed by atoms with Crippen LogP contribution < -0.4 is 5.73 Å². The molecule has 1 aliphatic rings. The van der Waals surface area contributed by atoms with Gasteiger partial charge in [-0.1, -0.05) is 29.8 Å². The third kappa shape index (κ3) is 3.06. The van der Waals surface area contributed by atoms with Gasteiger partial charge in [-0.3, -0.25) is 0 Å². The Kier molecular flexibility index (Phi) is 3.62. The van der Waals surface area contributed by atoms with E-state index in [1.165, 1.54) is 11.1 Å². The van der Waals surface area contributed by atoms with Crippen molar-refractivity contribution >= 4 is 0 Å². The zero-order valence-electron chi connectivity index (χ0n) is 10.0. The van der Waals surface area contributed by atoms with Gasteiger partial charge in [0, 0.05) is 18.8 Å². The van der Waals surface area contributed by atoms with E-state index in [-0.39, 0.29) is 5.54 Å². The minimum Gasteiger partial charge on any atom is -0.381 e. The van der Waals surface area contributed by atoms with Crippen LogP contribution in [0, 0.1) is 6.92 Å². The Morgan fingerprint density at radius 2 is 2.19 bits per heavy atom. The Bertz CT molecular complexity index is 340. The first-order chi connectivity index (χ1) is 7.68. The van der Waals surface area contributed by atoms with E-state index in [1.807, 2.05) is 0 Å². The molecule has 1 aromatic rings. The van der Waals surface area contributed by atoms with Crippen LogP contribution in [0.5, 0.6) is 0 Å². The summed E-state index contributed by atoms with van der Waals surface area (Å²) in [5.41, 5.74) is 9.06. The summed E-state index contributed by atoms with van der Waals surface area (Å²) in [5, 5.41) is 0. The second kappa shape index (κ2) is 4.98. The van der Waals surface area contributed by atoms with Gasteiger partial charge in [0.25, 0.3) is 0 Å². The molecule has 1 aromatic carbocycles. The summed E-state index contributed by atoms with van der Waals surface area (Å²) in [6.07, 6.45) is 4.10. The fraction of sp³-hybridized carbons (Fsp3) is 0.571. The molecule has 0 saturated carbocycles. The van der Waals surface area contributed by atoms with Gasteiger partial charge < -0.3 is 10.5 Å². The molecule has 0 aliphatic carbocycles. The normalized spacial score (nSPS) is 26.4. The Morgan fingerprint density at radius 1 is 1.31 bits per heavy atom. The highest BCUT2D eigenvalue weighted by Gasteiger charge is 2.26. The average molecular weight is 219 g/mol. The molecule has 2 N–H and O–H groups in total. The quantitative estimate of drug-likeness (QED) is 0.829. The number of aryl methyl sites for hydroxylation is 1. The van der Waals surface area contributed by atoms with Gasteiger partial charge in [-0.25, -0.2) is 0 Å². The van der Waals surface area contributed by atoms with Crippen LogP contribution in [0.2, 0.25) is 0 Å². The van der Waals surface area contributed by atoms with Crippen LogP contribution in [0.25, 0.3) is 0 Å². The lowest BCUT2D eigenvalue weighted by Gasteiger charge is -2.27. The van der Waals surface area contributed by atoms with Gasteiger partial charge >= 0.3 is 0 Å². The van der Waals surface area contributed by atoms with E-state index in [4.69, 9.17) is 10.5 Å². The maximum atomic E-state index is 6.46. The molecule has 0 amide bonds. The minimum absolute atomic E-state index is 0.0652. The van der Waals surface area contributed by atoms with Crippen LogP contribution in [-0.2, 0) is 11.2 Å². The Labute approximate surface area is 97.8 Å². The summed E-state index contributed by atoms with van der Waals surface area (Å²) in [5.74, 6) is 0. The summed E-state index contributed by atoms with van der Waals surface area (Å²) in [6, 6.07) is 8.65. The summed E-state index contributed by atoms with van der Waals surface area (Å²) in [7, 11) is 0. The van der Waals surface area contributed by atoms with Crippen molar-refractivity contribution in [1.82, 2.24) is 0 Å². The molecule has 1 saturated heterocycles. The van der Waals surface area contributed by atoms with Crippen LogP contribution in [0.4, 0.5) is 0 Å². The van der Waals surface area contributed by atoms with Crippen molar-refractivity contribution in [3.05, 3.63) is 35.4 Å². The molecule has 1 heterocycles. The van der Waals surface area contributed by atoms with Gasteiger partial charge in [0.1, 0.15) is 0 Å². The smallest absolute Gasteiger partial charge is 0.0483 e. The fourth-order valence-electron chi connectivity index (χ4n) is 2.43. The van der Waals surface area contributed by atoms with Gasteiger partial charge in [-0.2, -0.15) is 0 Å². The molecule has 0 spiro atoms. The largest absolute Gasteiger partial charge is 0.381 e. The maximum absolute atomic E-state index is 6.46. The van der Waals surface area contributed by atoms with Gasteiger partial charge in [0.05, 0.1) is 0 Å². The third-order valence-corrected chi connectivity index (χ3v) is 3.35. The molecule has 1 unspecified atom stereocenters. The van der Waals surface area contributed by atoms with E-state index in [1.54, 1.807) is 0 Å². The topological polar surface area (TPSA) is 35.2 Å². The SMILES string of the molecule is Cc1cccc(CC2(N)CCCOCC2)c1. The Morgan fingerprint density at radius 3 is 3.00 bits per heavy atom. The Hall–Kier alpha value is -0.860. The molecule has 1 atom stereocenters. The zero-order chi connectivity index (χ0) is 11.4. The van der Waals surface area contributed by atoms with Crippen LogP contribution in [-0.4, -0.2) is 18.8 Å². The molecule has 1 fully saturated rings. The van der Waals surface area contributed by atoms with Crippen molar-refractivity contribution in [1.29, 1.82) is 0 Å². The third-order valence-electron chi connectivity index (χ3n) is 3.35. The first-order valence-electron chi connectivity index (χ1n) is 6.10. The number of rotatable bonds is 2. The molecule has 1 aliphatic heterocycles. The lowest BCUT2D eigenvalue weighted by Crippen LogP contribution is -2.42. The highest BCUT2D eigenvalue weighted by atomic mass is 16.5. The predicted octanol–water partition coefficient (Wildman–Crippen LogP) is 2.44. The molecule has 16 heavy (non-hydrogen) atoms. The molecule has 88 valence electrons. The van der Waals surface area contributed by atoms with Gasteiger partial charge in [0.2, 0.25) is 0 Å². The molecular formula is C14H21NO. The number of hydrogen-bond donors (Lipinski definition) is 1. The van der Waals surface area contributed by atoms with E-state index >= 15 is 0 Å². The van der Waals surface area contributed by atoms with Crippen LogP contribution in [0.3, 0.4) is 0 Å².